The van der Waals surface area contributed by atoms with Crippen molar-refractivity contribution >= 4 is 5.91 Å². The first-order valence-corrected chi connectivity index (χ1v) is 12.7. The van der Waals surface area contributed by atoms with Crippen molar-refractivity contribution in [3.05, 3.63) is 45.5 Å². The van der Waals surface area contributed by atoms with E-state index >= 15 is 0 Å². The van der Waals surface area contributed by atoms with Crippen LogP contribution >= 0.6 is 0 Å². The van der Waals surface area contributed by atoms with E-state index in [0.717, 1.165) is 11.8 Å². The molecule has 1 atom stereocenters. The van der Waals surface area contributed by atoms with Gasteiger partial charge in [-0.2, -0.15) is 0 Å². The van der Waals surface area contributed by atoms with Gasteiger partial charge < -0.3 is 29.1 Å². The Kier molecular flexibility index (Phi) is 6.62. The van der Waals surface area contributed by atoms with Crippen LogP contribution in [0, 0.1) is 30.6 Å². The molecule has 0 saturated heterocycles. The van der Waals surface area contributed by atoms with E-state index in [1.807, 2.05) is 0 Å². The maximum absolute atomic E-state index is 13.5. The number of rotatable bonds is 8. The molecule has 0 unspecified atom stereocenters. The van der Waals surface area contributed by atoms with Crippen LogP contribution in [0.25, 0.3) is 0 Å². The van der Waals surface area contributed by atoms with Gasteiger partial charge in [0.25, 0.3) is 0 Å². The molecule has 4 saturated carbocycles. The molecule has 4 fully saturated rings. The Bertz CT molecular complexity index is 1180. The SMILES string of the molecule is COc1ccc([C@@H](CC(=O)NC2C3CC4CC(C3)CC2C4)c2c(O)cc(C)oc2=O)c(OC)c1OC. The first-order valence-electron chi connectivity index (χ1n) is 12.7. The Labute approximate surface area is 210 Å². The fourth-order valence-corrected chi connectivity index (χ4v) is 7.28. The molecule has 4 bridgehead atoms. The lowest BCUT2D eigenvalue weighted by Gasteiger charge is -2.54. The minimum atomic E-state index is -0.812. The van der Waals surface area contributed by atoms with E-state index in [1.165, 1.54) is 59.5 Å². The van der Waals surface area contributed by atoms with Crippen LogP contribution in [0.15, 0.2) is 27.4 Å². The van der Waals surface area contributed by atoms with Crippen LogP contribution in [0.3, 0.4) is 0 Å². The summed E-state index contributed by atoms with van der Waals surface area (Å²) in [7, 11) is 4.51. The Hall–Kier alpha value is -3.16. The number of carbonyl (C=O) groups excluding carboxylic acids is 1. The van der Waals surface area contributed by atoms with Gasteiger partial charge in [0.2, 0.25) is 11.7 Å². The van der Waals surface area contributed by atoms with Gasteiger partial charge in [0.15, 0.2) is 11.5 Å². The normalized spacial score (nSPS) is 26.9. The third-order valence-corrected chi connectivity index (χ3v) is 8.49. The molecule has 4 aliphatic carbocycles. The van der Waals surface area contributed by atoms with E-state index < -0.39 is 11.5 Å². The lowest BCUT2D eigenvalue weighted by atomic mass is 9.54. The lowest BCUT2D eigenvalue weighted by Crippen LogP contribution is -2.56. The number of aryl methyl sites for hydroxylation is 1. The highest BCUT2D eigenvalue weighted by atomic mass is 16.5. The van der Waals surface area contributed by atoms with Crippen molar-refractivity contribution < 1.29 is 28.5 Å². The second-order valence-electron chi connectivity index (χ2n) is 10.6. The maximum atomic E-state index is 13.5. The first kappa shape index (κ1) is 24.5. The smallest absolute Gasteiger partial charge is 0.343 e. The molecule has 6 rings (SSSR count). The average Bonchev–Trinajstić information content (AvgIpc) is 2.83. The van der Waals surface area contributed by atoms with E-state index in [0.29, 0.717) is 34.6 Å². The monoisotopic (exact) mass is 497 g/mol. The van der Waals surface area contributed by atoms with Crippen LogP contribution in [0.5, 0.6) is 23.0 Å². The Morgan fingerprint density at radius 1 is 1.03 bits per heavy atom. The predicted octanol–water partition coefficient (Wildman–Crippen LogP) is 4.14. The number of aromatic hydroxyl groups is 1. The molecule has 4 aliphatic rings. The van der Waals surface area contributed by atoms with Gasteiger partial charge in [-0.3, -0.25) is 4.79 Å². The summed E-state index contributed by atoms with van der Waals surface area (Å²) in [6.07, 6.45) is 6.05. The number of nitrogens with one attached hydrogen (secondary N) is 1. The van der Waals surface area contributed by atoms with Crippen molar-refractivity contribution in [3.8, 4) is 23.0 Å². The predicted molar refractivity (Wildman–Crippen MR) is 133 cm³/mol. The molecule has 2 N–H and O–H groups in total. The van der Waals surface area contributed by atoms with Crippen LogP contribution in [0.1, 0.15) is 61.3 Å². The number of carbonyl (C=O) groups is 1. The molecule has 0 aliphatic heterocycles. The molecule has 0 radical (unpaired) electrons. The van der Waals surface area contributed by atoms with Crippen molar-refractivity contribution in [1.29, 1.82) is 0 Å². The zero-order valence-corrected chi connectivity index (χ0v) is 21.3. The number of ether oxygens (including phenoxy) is 3. The van der Waals surface area contributed by atoms with Gasteiger partial charge in [-0.25, -0.2) is 4.79 Å². The van der Waals surface area contributed by atoms with Gasteiger partial charge >= 0.3 is 5.63 Å². The fraction of sp³-hybridized carbons (Fsp3) is 0.571. The van der Waals surface area contributed by atoms with Crippen LogP contribution < -0.4 is 25.2 Å². The van der Waals surface area contributed by atoms with Gasteiger partial charge in [-0.1, -0.05) is 6.07 Å². The molecule has 194 valence electrons. The third-order valence-electron chi connectivity index (χ3n) is 8.49. The van der Waals surface area contributed by atoms with E-state index in [1.54, 1.807) is 19.1 Å². The largest absolute Gasteiger partial charge is 0.507 e. The second kappa shape index (κ2) is 9.71. The second-order valence-corrected chi connectivity index (χ2v) is 10.6. The number of methoxy groups -OCH3 is 3. The highest BCUT2D eigenvalue weighted by Crippen LogP contribution is 2.54. The Morgan fingerprint density at radius 2 is 1.67 bits per heavy atom. The Morgan fingerprint density at radius 3 is 2.22 bits per heavy atom. The molecular weight excluding hydrogens is 462 g/mol. The van der Waals surface area contributed by atoms with Crippen LogP contribution in [-0.2, 0) is 4.79 Å². The summed E-state index contributed by atoms with van der Waals surface area (Å²) >= 11 is 0. The molecule has 1 heterocycles. The zero-order valence-electron chi connectivity index (χ0n) is 21.3. The van der Waals surface area contributed by atoms with Gasteiger partial charge in [-0.05, 0) is 68.8 Å². The van der Waals surface area contributed by atoms with E-state index in [2.05, 4.69) is 5.32 Å². The summed E-state index contributed by atoms with van der Waals surface area (Å²) in [6, 6.07) is 5.00. The van der Waals surface area contributed by atoms with Crippen molar-refractivity contribution in [2.24, 2.45) is 23.7 Å². The Balaban J connectivity index is 1.50. The van der Waals surface area contributed by atoms with Gasteiger partial charge in [0, 0.05) is 30.0 Å². The van der Waals surface area contributed by atoms with Crippen LogP contribution in [0.4, 0.5) is 0 Å². The minimum absolute atomic E-state index is 0.0198. The number of hydrogen-bond donors (Lipinski definition) is 2. The first-order chi connectivity index (χ1) is 17.3. The molecule has 0 spiro atoms. The molecule has 1 amide bonds. The quantitative estimate of drug-likeness (QED) is 0.564. The standard InChI is InChI=1S/C28H35NO7/c1-14-7-21(30)24(28(32)36-14)20(19-5-6-22(33-2)27(35-4)26(19)34-3)13-23(31)29-25-17-9-15-8-16(11-17)12-18(25)10-15/h5-7,15-18,20,25,30H,8-13H2,1-4H3,(H,29,31)/t15?,16?,17?,18?,20-,25?/m1/s1. The van der Waals surface area contributed by atoms with Gasteiger partial charge in [0.1, 0.15) is 11.5 Å². The average molecular weight is 498 g/mol. The van der Waals surface area contributed by atoms with E-state index in [4.69, 9.17) is 18.6 Å². The van der Waals surface area contributed by atoms with Gasteiger partial charge in [-0.15, -0.1) is 0 Å². The minimum Gasteiger partial charge on any atom is -0.507 e. The molecular formula is C28H35NO7. The number of hydrogen-bond acceptors (Lipinski definition) is 7. The number of amides is 1. The molecule has 1 aromatic heterocycles. The van der Waals surface area contributed by atoms with E-state index in [-0.39, 0.29) is 35.4 Å². The molecule has 8 nitrogen and oxygen atoms in total. The molecule has 1 aromatic carbocycles. The van der Waals surface area contributed by atoms with Crippen molar-refractivity contribution in [2.75, 3.05) is 21.3 Å². The molecule has 36 heavy (non-hydrogen) atoms. The van der Waals surface area contributed by atoms with E-state index in [9.17, 15) is 14.7 Å². The molecule has 2 aromatic rings. The summed E-state index contributed by atoms with van der Waals surface area (Å²) < 4.78 is 22.0. The van der Waals surface area contributed by atoms with Gasteiger partial charge in [0.05, 0.1) is 26.9 Å². The summed E-state index contributed by atoms with van der Waals surface area (Å²) in [5.41, 5.74) is -0.134. The van der Waals surface area contributed by atoms with Crippen LogP contribution in [0.2, 0.25) is 0 Å². The highest BCUT2D eigenvalue weighted by molar-refractivity contribution is 5.78. The summed E-state index contributed by atoms with van der Waals surface area (Å²) in [6.45, 7) is 1.59. The lowest BCUT2D eigenvalue weighted by molar-refractivity contribution is -0.125. The summed E-state index contributed by atoms with van der Waals surface area (Å²) in [4.78, 5) is 26.5. The summed E-state index contributed by atoms with van der Waals surface area (Å²) in [5.74, 6) is 2.90. The van der Waals surface area contributed by atoms with Crippen molar-refractivity contribution in [2.45, 2.75) is 57.4 Å². The fourth-order valence-electron chi connectivity index (χ4n) is 7.28. The van der Waals surface area contributed by atoms with Crippen molar-refractivity contribution in [3.63, 3.8) is 0 Å². The number of benzene rings is 1. The highest BCUT2D eigenvalue weighted by Gasteiger charge is 2.48. The van der Waals surface area contributed by atoms with Crippen LogP contribution in [-0.4, -0.2) is 38.4 Å². The maximum Gasteiger partial charge on any atom is 0.343 e. The molecule has 8 heteroatoms. The van der Waals surface area contributed by atoms with Crippen molar-refractivity contribution in [1.82, 2.24) is 5.32 Å². The summed E-state index contributed by atoms with van der Waals surface area (Å²) in [5, 5.41) is 14.1. The topological polar surface area (TPSA) is 107 Å². The zero-order chi connectivity index (χ0) is 25.6. The third kappa shape index (κ3) is 4.31.